The largest absolute Gasteiger partial charge is 0.493 e. The lowest BCUT2D eigenvalue weighted by molar-refractivity contribution is -0.150. The Morgan fingerprint density at radius 2 is 1.93 bits per heavy atom. The fourth-order valence-corrected chi connectivity index (χ4v) is 3.71. The quantitative estimate of drug-likeness (QED) is 0.729. The van der Waals surface area contributed by atoms with E-state index in [2.05, 4.69) is 10.3 Å². The molecule has 2 amide bonds. The van der Waals surface area contributed by atoms with Gasteiger partial charge in [-0.2, -0.15) is 0 Å². The van der Waals surface area contributed by atoms with Crippen LogP contribution >= 0.6 is 11.8 Å². The third kappa shape index (κ3) is 4.67. The highest BCUT2D eigenvalue weighted by Crippen LogP contribution is 2.30. The lowest BCUT2D eigenvalue weighted by Gasteiger charge is -2.22. The molecule has 0 aliphatic carbocycles. The minimum atomic E-state index is -0.704. The van der Waals surface area contributed by atoms with Crippen LogP contribution in [0.15, 0.2) is 47.5 Å². The number of nitrogens with one attached hydrogen (secondary N) is 1. The summed E-state index contributed by atoms with van der Waals surface area (Å²) in [5.74, 6) is -0.341. The van der Waals surface area contributed by atoms with E-state index in [1.165, 1.54) is 0 Å². The number of carbonyl (C=O) groups excluding carboxylic acids is 2. The second-order valence-corrected chi connectivity index (χ2v) is 7.72. The SMILES string of the molecule is CC1(c2ccc(CCOc3ccc(/C=C4\SC(=O)NC4=O)cc3)nc2)OCCO1. The third-order valence-corrected chi connectivity index (χ3v) is 5.44. The number of benzene rings is 1. The van der Waals surface area contributed by atoms with Crippen LogP contribution < -0.4 is 10.1 Å². The molecule has 2 fully saturated rings. The Kier molecular flexibility index (Phi) is 5.66. The molecule has 3 heterocycles. The first kappa shape index (κ1) is 19.6. The fourth-order valence-electron chi connectivity index (χ4n) is 3.03. The zero-order valence-electron chi connectivity index (χ0n) is 15.8. The summed E-state index contributed by atoms with van der Waals surface area (Å²) in [6.45, 7) is 3.57. The summed E-state index contributed by atoms with van der Waals surface area (Å²) in [7, 11) is 0. The maximum absolute atomic E-state index is 11.6. The third-order valence-electron chi connectivity index (χ3n) is 4.63. The smallest absolute Gasteiger partial charge is 0.290 e. The molecule has 4 rings (SSSR count). The van der Waals surface area contributed by atoms with E-state index < -0.39 is 5.79 Å². The van der Waals surface area contributed by atoms with Crippen molar-refractivity contribution in [3.05, 3.63) is 64.3 Å². The zero-order valence-corrected chi connectivity index (χ0v) is 16.7. The van der Waals surface area contributed by atoms with Crippen LogP contribution in [-0.4, -0.2) is 36.0 Å². The number of thioether (sulfide) groups is 1. The van der Waals surface area contributed by atoms with Gasteiger partial charge < -0.3 is 14.2 Å². The predicted octanol–water partition coefficient (Wildman–Crippen LogP) is 3.25. The minimum absolute atomic E-state index is 0.347. The summed E-state index contributed by atoms with van der Waals surface area (Å²) < 4.78 is 17.0. The van der Waals surface area contributed by atoms with Crippen molar-refractivity contribution in [1.82, 2.24) is 10.3 Å². The molecule has 2 saturated heterocycles. The molecule has 0 bridgehead atoms. The Morgan fingerprint density at radius 3 is 2.55 bits per heavy atom. The lowest BCUT2D eigenvalue weighted by atomic mass is 10.1. The topological polar surface area (TPSA) is 86.8 Å². The van der Waals surface area contributed by atoms with Gasteiger partial charge in [0, 0.05) is 23.9 Å². The van der Waals surface area contributed by atoms with Gasteiger partial charge in [0.15, 0.2) is 5.79 Å². The zero-order chi connectivity index (χ0) is 20.3. The van der Waals surface area contributed by atoms with Crippen molar-refractivity contribution >= 4 is 29.0 Å². The van der Waals surface area contributed by atoms with Crippen LogP contribution in [-0.2, 0) is 26.5 Å². The highest BCUT2D eigenvalue weighted by atomic mass is 32.2. The number of imide groups is 1. The van der Waals surface area contributed by atoms with E-state index in [0.29, 0.717) is 31.1 Å². The highest BCUT2D eigenvalue weighted by Gasteiger charge is 2.33. The second kappa shape index (κ2) is 8.36. The van der Waals surface area contributed by atoms with Gasteiger partial charge in [0.05, 0.1) is 24.7 Å². The summed E-state index contributed by atoms with van der Waals surface area (Å²) in [5.41, 5.74) is 2.65. The van der Waals surface area contributed by atoms with E-state index in [4.69, 9.17) is 14.2 Å². The van der Waals surface area contributed by atoms with Crippen molar-refractivity contribution in [3.63, 3.8) is 0 Å². The van der Waals surface area contributed by atoms with Gasteiger partial charge in [-0.15, -0.1) is 0 Å². The first-order chi connectivity index (χ1) is 14.0. The van der Waals surface area contributed by atoms with Crippen LogP contribution in [0.5, 0.6) is 5.75 Å². The molecule has 2 aromatic rings. The number of pyridine rings is 1. The molecule has 1 aromatic heterocycles. The van der Waals surface area contributed by atoms with Crippen molar-refractivity contribution in [2.24, 2.45) is 0 Å². The Labute approximate surface area is 172 Å². The van der Waals surface area contributed by atoms with E-state index in [1.54, 1.807) is 12.3 Å². The molecule has 0 spiro atoms. The van der Waals surface area contributed by atoms with E-state index in [1.807, 2.05) is 43.3 Å². The molecule has 1 N–H and O–H groups in total. The minimum Gasteiger partial charge on any atom is -0.493 e. The fraction of sp³-hybridized carbons (Fsp3) is 0.286. The Bertz CT molecular complexity index is 935. The van der Waals surface area contributed by atoms with Gasteiger partial charge >= 0.3 is 0 Å². The van der Waals surface area contributed by atoms with E-state index in [9.17, 15) is 9.59 Å². The molecule has 7 nitrogen and oxygen atoms in total. The summed E-state index contributed by atoms with van der Waals surface area (Å²) in [4.78, 5) is 27.6. The van der Waals surface area contributed by atoms with E-state index >= 15 is 0 Å². The number of aromatic nitrogens is 1. The van der Waals surface area contributed by atoms with Crippen molar-refractivity contribution < 1.29 is 23.8 Å². The number of nitrogens with zero attached hydrogens (tertiary/aromatic N) is 1. The molecule has 0 atom stereocenters. The summed E-state index contributed by atoms with van der Waals surface area (Å²) in [5, 5.41) is 1.89. The normalized spacial score (nSPS) is 19.6. The van der Waals surface area contributed by atoms with E-state index in [0.717, 1.165) is 34.3 Å². The molecule has 8 heteroatoms. The van der Waals surface area contributed by atoms with Crippen molar-refractivity contribution in [3.8, 4) is 5.75 Å². The summed E-state index contributed by atoms with van der Waals surface area (Å²) in [6.07, 6.45) is 4.13. The number of amides is 2. The molecule has 150 valence electrons. The Balaban J connectivity index is 1.29. The second-order valence-electron chi connectivity index (χ2n) is 6.70. The van der Waals surface area contributed by atoms with Crippen LogP contribution in [0.2, 0.25) is 0 Å². The van der Waals surface area contributed by atoms with E-state index in [-0.39, 0.29) is 11.1 Å². The Morgan fingerprint density at radius 1 is 1.17 bits per heavy atom. The number of rotatable bonds is 6. The van der Waals surface area contributed by atoms with Crippen molar-refractivity contribution in [2.75, 3.05) is 19.8 Å². The molecule has 2 aliphatic rings. The monoisotopic (exact) mass is 412 g/mol. The molecule has 0 radical (unpaired) electrons. The molecule has 1 aromatic carbocycles. The summed E-state index contributed by atoms with van der Waals surface area (Å²) in [6, 6.07) is 11.3. The van der Waals surface area contributed by atoms with Crippen LogP contribution in [0.1, 0.15) is 23.7 Å². The molecular weight excluding hydrogens is 392 g/mol. The molecule has 0 unspecified atom stereocenters. The van der Waals surface area contributed by atoms with Gasteiger partial charge in [-0.3, -0.25) is 19.9 Å². The molecule has 2 aliphatic heterocycles. The maximum Gasteiger partial charge on any atom is 0.290 e. The van der Waals surface area contributed by atoms with Gasteiger partial charge in [0.2, 0.25) is 0 Å². The maximum atomic E-state index is 11.6. The highest BCUT2D eigenvalue weighted by molar-refractivity contribution is 8.18. The molecule has 0 saturated carbocycles. The number of ether oxygens (including phenoxy) is 3. The van der Waals surface area contributed by atoms with Crippen molar-refractivity contribution in [1.29, 1.82) is 0 Å². The lowest BCUT2D eigenvalue weighted by Crippen LogP contribution is -2.22. The standard InChI is InChI=1S/C21H20N2O5S/c1-21(27-10-11-28-21)15-4-5-16(22-13-15)8-9-26-17-6-2-14(3-7-17)12-18-19(24)23-20(25)29-18/h2-7,12-13H,8-11H2,1H3,(H,23,24,25)/b18-12-. The summed E-state index contributed by atoms with van der Waals surface area (Å²) >= 11 is 0.900. The van der Waals surface area contributed by atoms with Gasteiger partial charge in [-0.25, -0.2) is 0 Å². The number of hydrogen-bond donors (Lipinski definition) is 1. The van der Waals surface area contributed by atoms with Crippen LogP contribution in [0.3, 0.4) is 0 Å². The number of carbonyl (C=O) groups is 2. The average molecular weight is 412 g/mol. The van der Waals surface area contributed by atoms with Gasteiger partial charge in [0.1, 0.15) is 5.75 Å². The van der Waals surface area contributed by atoms with Crippen LogP contribution in [0.4, 0.5) is 4.79 Å². The Hall–Kier alpha value is -2.68. The van der Waals surface area contributed by atoms with Gasteiger partial charge in [0.25, 0.3) is 11.1 Å². The van der Waals surface area contributed by atoms with Gasteiger partial charge in [-0.05, 0) is 48.5 Å². The van der Waals surface area contributed by atoms with Crippen LogP contribution in [0.25, 0.3) is 6.08 Å². The van der Waals surface area contributed by atoms with Crippen LogP contribution in [0, 0.1) is 0 Å². The first-order valence-corrected chi connectivity index (χ1v) is 10.0. The molecular formula is C21H20N2O5S. The first-order valence-electron chi connectivity index (χ1n) is 9.23. The number of hydrogen-bond acceptors (Lipinski definition) is 7. The van der Waals surface area contributed by atoms with Gasteiger partial charge in [-0.1, -0.05) is 18.2 Å². The average Bonchev–Trinajstić information content (AvgIpc) is 3.29. The molecule has 29 heavy (non-hydrogen) atoms. The van der Waals surface area contributed by atoms with Crippen molar-refractivity contribution in [2.45, 2.75) is 19.1 Å². The predicted molar refractivity (Wildman–Crippen MR) is 108 cm³/mol.